The average molecular weight is 235 g/mol. The van der Waals surface area contributed by atoms with Crippen LogP contribution in [0, 0.1) is 6.92 Å². The Balaban J connectivity index is 2.69. The predicted molar refractivity (Wildman–Crippen MR) is 66.2 cm³/mol. The van der Waals surface area contributed by atoms with E-state index < -0.39 is 0 Å². The zero-order valence-electron chi connectivity index (χ0n) is 8.77. The SMILES string of the molecule is Cc1cccc(-n2cc(Cl)cc(N)c2=O)c1. The van der Waals surface area contributed by atoms with Crippen LogP contribution in [0.15, 0.2) is 41.3 Å². The molecule has 0 radical (unpaired) electrons. The molecular weight excluding hydrogens is 224 g/mol. The van der Waals surface area contributed by atoms with Gasteiger partial charge < -0.3 is 5.73 Å². The molecule has 0 aliphatic heterocycles. The number of benzene rings is 1. The third-order valence-corrected chi connectivity index (χ3v) is 2.50. The lowest BCUT2D eigenvalue weighted by Crippen LogP contribution is -2.20. The number of anilines is 1. The van der Waals surface area contributed by atoms with Crippen LogP contribution in [0.25, 0.3) is 5.69 Å². The standard InChI is InChI=1S/C12H11ClN2O/c1-8-3-2-4-10(5-8)15-7-9(13)6-11(14)12(15)16/h2-7H,14H2,1H3. The van der Waals surface area contributed by atoms with Crippen molar-refractivity contribution in [2.75, 3.05) is 5.73 Å². The highest BCUT2D eigenvalue weighted by Crippen LogP contribution is 2.13. The van der Waals surface area contributed by atoms with Gasteiger partial charge in [0.1, 0.15) is 0 Å². The van der Waals surface area contributed by atoms with E-state index in [0.717, 1.165) is 11.3 Å². The van der Waals surface area contributed by atoms with E-state index in [9.17, 15) is 4.79 Å². The molecule has 0 spiro atoms. The Morgan fingerprint density at radius 1 is 1.31 bits per heavy atom. The summed E-state index contributed by atoms with van der Waals surface area (Å²) in [6.07, 6.45) is 1.56. The number of rotatable bonds is 1. The van der Waals surface area contributed by atoms with Crippen molar-refractivity contribution in [2.24, 2.45) is 0 Å². The number of hydrogen-bond donors (Lipinski definition) is 1. The molecule has 16 heavy (non-hydrogen) atoms. The molecule has 0 amide bonds. The number of nitrogens with zero attached hydrogens (tertiary/aromatic N) is 1. The molecule has 2 rings (SSSR count). The molecule has 0 atom stereocenters. The van der Waals surface area contributed by atoms with Crippen molar-refractivity contribution in [3.05, 3.63) is 57.5 Å². The van der Waals surface area contributed by atoms with Gasteiger partial charge in [-0.15, -0.1) is 0 Å². The molecule has 2 aromatic rings. The van der Waals surface area contributed by atoms with E-state index in [-0.39, 0.29) is 11.2 Å². The summed E-state index contributed by atoms with van der Waals surface area (Å²) < 4.78 is 1.45. The summed E-state index contributed by atoms with van der Waals surface area (Å²) in [5.74, 6) is 0. The van der Waals surface area contributed by atoms with Crippen LogP contribution in [0.2, 0.25) is 5.02 Å². The largest absolute Gasteiger partial charge is 0.394 e. The van der Waals surface area contributed by atoms with Gasteiger partial charge in [-0.3, -0.25) is 9.36 Å². The van der Waals surface area contributed by atoms with E-state index >= 15 is 0 Å². The number of aryl methyl sites for hydroxylation is 1. The van der Waals surface area contributed by atoms with Crippen molar-refractivity contribution in [1.29, 1.82) is 0 Å². The van der Waals surface area contributed by atoms with E-state index in [4.69, 9.17) is 17.3 Å². The second-order valence-corrected chi connectivity index (χ2v) is 4.06. The number of halogens is 1. The first-order valence-corrected chi connectivity index (χ1v) is 5.20. The Labute approximate surface area is 98.1 Å². The number of aromatic nitrogens is 1. The van der Waals surface area contributed by atoms with Gasteiger partial charge in [0.2, 0.25) is 0 Å². The maximum atomic E-state index is 11.8. The first-order chi connectivity index (χ1) is 7.58. The van der Waals surface area contributed by atoms with Crippen LogP contribution < -0.4 is 11.3 Å². The van der Waals surface area contributed by atoms with Gasteiger partial charge in [0.05, 0.1) is 10.7 Å². The molecule has 1 aromatic carbocycles. The summed E-state index contributed by atoms with van der Waals surface area (Å²) in [5, 5.41) is 0.443. The van der Waals surface area contributed by atoms with Gasteiger partial charge in [0.15, 0.2) is 0 Å². The summed E-state index contributed by atoms with van der Waals surface area (Å²) in [6.45, 7) is 1.96. The third-order valence-electron chi connectivity index (χ3n) is 2.29. The van der Waals surface area contributed by atoms with E-state index in [1.165, 1.54) is 10.6 Å². The van der Waals surface area contributed by atoms with Crippen LogP contribution in [0.4, 0.5) is 5.69 Å². The van der Waals surface area contributed by atoms with Gasteiger partial charge in [-0.2, -0.15) is 0 Å². The van der Waals surface area contributed by atoms with Gasteiger partial charge in [-0.25, -0.2) is 0 Å². The maximum absolute atomic E-state index is 11.8. The maximum Gasteiger partial charge on any atom is 0.278 e. The summed E-state index contributed by atoms with van der Waals surface area (Å²) >= 11 is 5.87. The topological polar surface area (TPSA) is 48.0 Å². The van der Waals surface area contributed by atoms with Gasteiger partial charge in [-0.1, -0.05) is 23.7 Å². The number of hydrogen-bond acceptors (Lipinski definition) is 2. The summed E-state index contributed by atoms with van der Waals surface area (Å²) in [6, 6.07) is 9.04. The van der Waals surface area contributed by atoms with Crippen LogP contribution in [0.5, 0.6) is 0 Å². The van der Waals surface area contributed by atoms with Crippen molar-refractivity contribution in [3.63, 3.8) is 0 Å². The zero-order chi connectivity index (χ0) is 11.7. The fraction of sp³-hybridized carbons (Fsp3) is 0.0833. The molecule has 1 heterocycles. The van der Waals surface area contributed by atoms with Crippen molar-refractivity contribution < 1.29 is 0 Å². The fourth-order valence-corrected chi connectivity index (χ4v) is 1.75. The minimum absolute atomic E-state index is 0.147. The molecule has 0 fully saturated rings. The number of nitrogen functional groups attached to an aromatic ring is 1. The van der Waals surface area contributed by atoms with Crippen LogP contribution in [0.1, 0.15) is 5.56 Å². The van der Waals surface area contributed by atoms with Gasteiger partial charge in [0.25, 0.3) is 5.56 Å². The Hall–Kier alpha value is -1.74. The van der Waals surface area contributed by atoms with Crippen LogP contribution in [-0.2, 0) is 0 Å². The van der Waals surface area contributed by atoms with Crippen molar-refractivity contribution in [3.8, 4) is 5.69 Å². The summed E-state index contributed by atoms with van der Waals surface area (Å²) in [5.41, 5.74) is 7.31. The molecule has 3 nitrogen and oxygen atoms in total. The molecule has 82 valence electrons. The second kappa shape index (κ2) is 4.02. The third kappa shape index (κ3) is 1.95. The highest BCUT2D eigenvalue weighted by molar-refractivity contribution is 6.30. The lowest BCUT2D eigenvalue weighted by molar-refractivity contribution is 0.992. The molecule has 1 aromatic heterocycles. The van der Waals surface area contributed by atoms with E-state index in [0.29, 0.717) is 5.02 Å². The second-order valence-electron chi connectivity index (χ2n) is 3.63. The molecule has 0 saturated heterocycles. The highest BCUT2D eigenvalue weighted by atomic mass is 35.5. The van der Waals surface area contributed by atoms with Crippen LogP contribution in [0.3, 0.4) is 0 Å². The van der Waals surface area contributed by atoms with Crippen LogP contribution in [-0.4, -0.2) is 4.57 Å². The molecule has 2 N–H and O–H groups in total. The van der Waals surface area contributed by atoms with Gasteiger partial charge >= 0.3 is 0 Å². The summed E-state index contributed by atoms with van der Waals surface area (Å²) in [4.78, 5) is 11.8. The average Bonchev–Trinajstić information content (AvgIpc) is 2.23. The van der Waals surface area contributed by atoms with Crippen LogP contribution >= 0.6 is 11.6 Å². The lowest BCUT2D eigenvalue weighted by Gasteiger charge is -2.08. The first kappa shape index (κ1) is 10.8. The van der Waals surface area contributed by atoms with Gasteiger partial charge in [0, 0.05) is 11.9 Å². The van der Waals surface area contributed by atoms with Crippen molar-refractivity contribution >= 4 is 17.3 Å². The smallest absolute Gasteiger partial charge is 0.278 e. The number of pyridine rings is 1. The Morgan fingerprint density at radius 2 is 2.06 bits per heavy atom. The highest BCUT2D eigenvalue weighted by Gasteiger charge is 2.04. The molecule has 0 unspecified atom stereocenters. The minimum atomic E-state index is -0.255. The predicted octanol–water partition coefficient (Wildman–Crippen LogP) is 2.38. The number of nitrogens with two attached hydrogens (primary N) is 1. The normalized spacial score (nSPS) is 10.4. The fourth-order valence-electron chi connectivity index (χ4n) is 1.54. The van der Waals surface area contributed by atoms with Crippen molar-refractivity contribution in [1.82, 2.24) is 4.57 Å². The molecular formula is C12H11ClN2O. The zero-order valence-corrected chi connectivity index (χ0v) is 9.53. The monoisotopic (exact) mass is 234 g/mol. The summed E-state index contributed by atoms with van der Waals surface area (Å²) in [7, 11) is 0. The Bertz CT molecular complexity index is 590. The Morgan fingerprint density at radius 3 is 2.75 bits per heavy atom. The van der Waals surface area contributed by atoms with E-state index in [2.05, 4.69) is 0 Å². The Kier molecular flexibility index (Phi) is 2.71. The van der Waals surface area contributed by atoms with Crippen molar-refractivity contribution in [2.45, 2.75) is 6.92 Å². The van der Waals surface area contributed by atoms with E-state index in [1.54, 1.807) is 6.20 Å². The lowest BCUT2D eigenvalue weighted by atomic mass is 10.2. The van der Waals surface area contributed by atoms with E-state index in [1.807, 2.05) is 31.2 Å². The molecule has 0 bridgehead atoms. The molecule has 0 saturated carbocycles. The molecule has 0 aliphatic rings. The molecule has 4 heteroatoms. The first-order valence-electron chi connectivity index (χ1n) is 4.82. The molecule has 0 aliphatic carbocycles. The van der Waals surface area contributed by atoms with Gasteiger partial charge in [-0.05, 0) is 30.7 Å². The minimum Gasteiger partial charge on any atom is -0.394 e. The quantitative estimate of drug-likeness (QED) is 0.824.